The van der Waals surface area contributed by atoms with Gasteiger partial charge in [0.1, 0.15) is 11.6 Å². The smallest absolute Gasteiger partial charge is 0.263 e. The Morgan fingerprint density at radius 1 is 1.29 bits per heavy atom. The van der Waals surface area contributed by atoms with E-state index < -0.39 is 12.2 Å². The molecule has 0 saturated carbocycles. The summed E-state index contributed by atoms with van der Waals surface area (Å²) in [4.78, 5) is 12.2. The number of rotatable bonds is 9. The number of aryl methyl sites for hydroxylation is 1. The molecule has 1 rings (SSSR count). The molecule has 0 aliphatic heterocycles. The zero-order chi connectivity index (χ0) is 17.9. The van der Waals surface area contributed by atoms with Gasteiger partial charge < -0.3 is 20.1 Å². The number of nitrogens with one attached hydrogen (secondary N) is 2. The Labute approximate surface area is 143 Å². The van der Waals surface area contributed by atoms with Gasteiger partial charge in [-0.05, 0) is 24.5 Å². The molecule has 6 nitrogen and oxygen atoms in total. The summed E-state index contributed by atoms with van der Waals surface area (Å²) in [6.45, 7) is 4.31. The maximum atomic E-state index is 12.2. The van der Waals surface area contributed by atoms with E-state index in [1.54, 1.807) is 0 Å². The Balaban J connectivity index is 2.63. The lowest BCUT2D eigenvalue weighted by atomic mass is 10.0. The van der Waals surface area contributed by atoms with Crippen molar-refractivity contribution in [3.8, 4) is 6.07 Å². The van der Waals surface area contributed by atoms with E-state index in [1.165, 1.54) is 26.0 Å². The lowest BCUT2D eigenvalue weighted by Crippen LogP contribution is -2.30. The van der Waals surface area contributed by atoms with Crippen molar-refractivity contribution >= 4 is 5.91 Å². The summed E-state index contributed by atoms with van der Waals surface area (Å²) in [6, 6.07) is 9.75. The van der Waals surface area contributed by atoms with Gasteiger partial charge in [0.25, 0.3) is 5.91 Å². The molecule has 0 spiro atoms. The number of carbonyl (C=O) groups is 1. The zero-order valence-electron chi connectivity index (χ0n) is 14.6. The van der Waals surface area contributed by atoms with E-state index in [9.17, 15) is 4.79 Å². The summed E-state index contributed by atoms with van der Waals surface area (Å²) in [5.74, 6) is -0.427. The molecule has 0 bridgehead atoms. The van der Waals surface area contributed by atoms with Crippen LogP contribution in [0.1, 0.15) is 31.0 Å². The van der Waals surface area contributed by atoms with Crippen LogP contribution in [0.4, 0.5) is 0 Å². The van der Waals surface area contributed by atoms with Gasteiger partial charge >= 0.3 is 0 Å². The van der Waals surface area contributed by atoms with Crippen LogP contribution >= 0.6 is 0 Å². The van der Waals surface area contributed by atoms with E-state index >= 15 is 0 Å². The minimum Gasteiger partial charge on any atom is -0.385 e. The molecular weight excluding hydrogens is 306 g/mol. The summed E-state index contributed by atoms with van der Waals surface area (Å²) < 4.78 is 10.0. The molecule has 0 heterocycles. The first-order valence-electron chi connectivity index (χ1n) is 7.84. The minimum absolute atomic E-state index is 0.00187. The Bertz CT molecular complexity index is 587. The van der Waals surface area contributed by atoms with Gasteiger partial charge in [0.05, 0.1) is 12.6 Å². The van der Waals surface area contributed by atoms with Gasteiger partial charge in [-0.25, -0.2) is 0 Å². The van der Waals surface area contributed by atoms with Gasteiger partial charge in [0.2, 0.25) is 0 Å². The van der Waals surface area contributed by atoms with Gasteiger partial charge in [-0.2, -0.15) is 5.26 Å². The van der Waals surface area contributed by atoms with Crippen LogP contribution in [0.3, 0.4) is 0 Å². The second kappa shape index (κ2) is 10.4. The van der Waals surface area contributed by atoms with Crippen molar-refractivity contribution in [2.75, 3.05) is 20.8 Å². The summed E-state index contributed by atoms with van der Waals surface area (Å²) >= 11 is 0. The van der Waals surface area contributed by atoms with Crippen molar-refractivity contribution in [2.45, 2.75) is 32.6 Å². The maximum Gasteiger partial charge on any atom is 0.263 e. The van der Waals surface area contributed by atoms with Crippen LogP contribution in [-0.4, -0.2) is 33.0 Å². The normalized spacial score (nSPS) is 12.6. The number of ether oxygens (including phenoxy) is 2. The van der Waals surface area contributed by atoms with Crippen LogP contribution in [0.15, 0.2) is 36.0 Å². The Hall–Kier alpha value is -2.36. The monoisotopic (exact) mass is 331 g/mol. The summed E-state index contributed by atoms with van der Waals surface area (Å²) in [6.07, 6.45) is 1.89. The number of nitrogens with zero attached hydrogens (tertiary/aromatic N) is 1. The SMILES string of the molecule is CCc1ccc(C(C)NC(=O)/C(C#N)=C\NCC(OC)OC)cc1. The van der Waals surface area contributed by atoms with Crippen LogP contribution in [0.25, 0.3) is 0 Å². The lowest BCUT2D eigenvalue weighted by molar-refractivity contribution is -0.117. The molecule has 1 amide bonds. The standard InChI is InChI=1S/C18H25N3O3/c1-5-14-6-8-15(9-7-14)13(2)21-18(22)16(10-19)11-20-12-17(23-3)24-4/h6-9,11,13,17,20H,5,12H2,1-4H3,(H,21,22)/b16-11-. The second-order valence-corrected chi connectivity index (χ2v) is 5.27. The molecule has 0 radical (unpaired) electrons. The van der Waals surface area contributed by atoms with Crippen LogP contribution in [0, 0.1) is 11.3 Å². The third-order valence-corrected chi connectivity index (χ3v) is 3.66. The van der Waals surface area contributed by atoms with E-state index in [1.807, 2.05) is 37.3 Å². The van der Waals surface area contributed by atoms with Crippen molar-refractivity contribution in [1.82, 2.24) is 10.6 Å². The highest BCUT2D eigenvalue weighted by Crippen LogP contribution is 2.14. The predicted octanol–water partition coefficient (Wildman–Crippen LogP) is 2.04. The van der Waals surface area contributed by atoms with Crippen LogP contribution in [-0.2, 0) is 20.7 Å². The van der Waals surface area contributed by atoms with Gasteiger partial charge in [-0.15, -0.1) is 0 Å². The molecule has 0 aromatic heterocycles. The summed E-state index contributed by atoms with van der Waals surface area (Å²) in [5, 5.41) is 14.8. The van der Waals surface area contributed by atoms with Gasteiger partial charge in [-0.1, -0.05) is 31.2 Å². The molecule has 1 aromatic rings. The van der Waals surface area contributed by atoms with Crippen molar-refractivity contribution in [2.24, 2.45) is 0 Å². The number of carbonyl (C=O) groups excluding carboxylic acids is 1. The number of methoxy groups -OCH3 is 2. The van der Waals surface area contributed by atoms with Gasteiger partial charge in [-0.3, -0.25) is 4.79 Å². The molecule has 1 atom stereocenters. The average Bonchev–Trinajstić information content (AvgIpc) is 2.61. The van der Waals surface area contributed by atoms with Crippen molar-refractivity contribution in [3.05, 3.63) is 47.2 Å². The van der Waals surface area contributed by atoms with Crippen LogP contribution < -0.4 is 10.6 Å². The first kappa shape index (κ1) is 19.7. The third kappa shape index (κ3) is 6.03. The molecular formula is C18H25N3O3. The zero-order valence-corrected chi connectivity index (χ0v) is 14.6. The first-order chi connectivity index (χ1) is 11.5. The highest BCUT2D eigenvalue weighted by atomic mass is 16.7. The molecule has 0 saturated heterocycles. The molecule has 1 aromatic carbocycles. The van der Waals surface area contributed by atoms with E-state index in [0.29, 0.717) is 6.54 Å². The molecule has 24 heavy (non-hydrogen) atoms. The topological polar surface area (TPSA) is 83.4 Å². The second-order valence-electron chi connectivity index (χ2n) is 5.27. The molecule has 1 unspecified atom stereocenters. The highest BCUT2D eigenvalue weighted by molar-refractivity contribution is 5.97. The first-order valence-corrected chi connectivity index (χ1v) is 7.84. The van der Waals surface area contributed by atoms with Crippen molar-refractivity contribution < 1.29 is 14.3 Å². The summed E-state index contributed by atoms with van der Waals surface area (Å²) in [5.41, 5.74) is 2.23. The Morgan fingerprint density at radius 2 is 1.92 bits per heavy atom. The molecule has 6 heteroatoms. The fourth-order valence-electron chi connectivity index (χ4n) is 2.07. The predicted molar refractivity (Wildman–Crippen MR) is 91.9 cm³/mol. The molecule has 0 aliphatic carbocycles. The molecule has 130 valence electrons. The van der Waals surface area contributed by atoms with E-state index in [0.717, 1.165) is 12.0 Å². The van der Waals surface area contributed by atoms with Crippen molar-refractivity contribution in [3.63, 3.8) is 0 Å². The summed E-state index contributed by atoms with van der Waals surface area (Å²) in [7, 11) is 3.03. The molecule has 2 N–H and O–H groups in total. The number of hydrogen-bond donors (Lipinski definition) is 2. The minimum atomic E-state index is -0.444. The average molecular weight is 331 g/mol. The number of nitriles is 1. The van der Waals surface area contributed by atoms with Crippen LogP contribution in [0.5, 0.6) is 0 Å². The largest absolute Gasteiger partial charge is 0.385 e. The number of benzene rings is 1. The lowest BCUT2D eigenvalue weighted by Gasteiger charge is -2.15. The number of hydrogen-bond acceptors (Lipinski definition) is 5. The fraction of sp³-hybridized carbons (Fsp3) is 0.444. The van der Waals surface area contributed by atoms with E-state index in [4.69, 9.17) is 14.7 Å². The number of amides is 1. The highest BCUT2D eigenvalue weighted by Gasteiger charge is 2.14. The van der Waals surface area contributed by atoms with Crippen LogP contribution in [0.2, 0.25) is 0 Å². The molecule has 0 aliphatic rings. The fourth-order valence-corrected chi connectivity index (χ4v) is 2.07. The van der Waals surface area contributed by atoms with Gasteiger partial charge in [0.15, 0.2) is 6.29 Å². The maximum absolute atomic E-state index is 12.2. The van der Waals surface area contributed by atoms with Crippen molar-refractivity contribution in [1.29, 1.82) is 5.26 Å². The third-order valence-electron chi connectivity index (χ3n) is 3.66. The van der Waals surface area contributed by atoms with E-state index in [-0.39, 0.29) is 11.6 Å². The van der Waals surface area contributed by atoms with Gasteiger partial charge in [0, 0.05) is 20.4 Å². The van der Waals surface area contributed by atoms with E-state index in [2.05, 4.69) is 17.6 Å². The molecule has 0 fully saturated rings. The Morgan fingerprint density at radius 3 is 2.42 bits per heavy atom. The Kier molecular flexibility index (Phi) is 8.55. The quantitative estimate of drug-likeness (QED) is 0.411.